The van der Waals surface area contributed by atoms with E-state index in [1.165, 1.54) is 7.05 Å². The van der Waals surface area contributed by atoms with E-state index in [2.05, 4.69) is 22.5 Å². The van der Waals surface area contributed by atoms with Crippen LogP contribution in [0.3, 0.4) is 0 Å². The summed E-state index contributed by atoms with van der Waals surface area (Å²) in [6, 6.07) is -0.579. The molecule has 3 atom stereocenters. The van der Waals surface area contributed by atoms with Crippen LogP contribution in [0.25, 0.3) is 0 Å². The Labute approximate surface area is 102 Å². The van der Waals surface area contributed by atoms with Gasteiger partial charge in [0.05, 0.1) is 6.04 Å². The van der Waals surface area contributed by atoms with E-state index >= 15 is 0 Å². The SMILES string of the molecule is CNC(=O)NC(=O)C(C)N1CCC(C)C1CN. The molecule has 1 saturated heterocycles. The Morgan fingerprint density at radius 2 is 2.18 bits per heavy atom. The van der Waals surface area contributed by atoms with Gasteiger partial charge in [-0.2, -0.15) is 0 Å². The van der Waals surface area contributed by atoms with Crippen molar-refractivity contribution < 1.29 is 9.59 Å². The normalized spacial score (nSPS) is 26.6. The van der Waals surface area contributed by atoms with Gasteiger partial charge in [-0.3, -0.25) is 15.0 Å². The Balaban J connectivity index is 2.60. The number of nitrogens with two attached hydrogens (primary N) is 1. The maximum Gasteiger partial charge on any atom is 0.321 e. The number of carbonyl (C=O) groups excluding carboxylic acids is 2. The zero-order chi connectivity index (χ0) is 13.0. The van der Waals surface area contributed by atoms with Crippen molar-refractivity contribution in [2.24, 2.45) is 11.7 Å². The minimum atomic E-state index is -0.474. The Bertz CT molecular complexity index is 295. The van der Waals surface area contributed by atoms with Crippen molar-refractivity contribution >= 4 is 11.9 Å². The van der Waals surface area contributed by atoms with E-state index in [-0.39, 0.29) is 18.0 Å². The first-order valence-electron chi connectivity index (χ1n) is 5.99. The first kappa shape index (κ1) is 13.9. The Morgan fingerprint density at radius 3 is 2.71 bits per heavy atom. The number of hydrogen-bond acceptors (Lipinski definition) is 4. The molecule has 3 amide bonds. The predicted molar refractivity (Wildman–Crippen MR) is 65.4 cm³/mol. The summed E-state index contributed by atoms with van der Waals surface area (Å²) >= 11 is 0. The van der Waals surface area contributed by atoms with Gasteiger partial charge in [-0.05, 0) is 25.8 Å². The highest BCUT2D eigenvalue weighted by Crippen LogP contribution is 2.25. The van der Waals surface area contributed by atoms with Crippen molar-refractivity contribution in [2.75, 3.05) is 20.1 Å². The minimum Gasteiger partial charge on any atom is -0.341 e. The quantitative estimate of drug-likeness (QED) is 0.622. The number of carbonyl (C=O) groups is 2. The van der Waals surface area contributed by atoms with E-state index in [9.17, 15) is 9.59 Å². The van der Waals surface area contributed by atoms with Crippen molar-refractivity contribution in [2.45, 2.75) is 32.4 Å². The standard InChI is InChI=1S/C11H22N4O2/c1-7-4-5-15(9(7)6-12)8(2)10(16)14-11(17)13-3/h7-9H,4-6,12H2,1-3H3,(H2,13,14,16,17). The van der Waals surface area contributed by atoms with Gasteiger partial charge in [-0.25, -0.2) is 4.79 Å². The van der Waals surface area contributed by atoms with Crippen LogP contribution >= 0.6 is 0 Å². The molecule has 1 fully saturated rings. The van der Waals surface area contributed by atoms with Gasteiger partial charge in [0.25, 0.3) is 0 Å². The number of nitrogens with zero attached hydrogens (tertiary/aromatic N) is 1. The number of hydrogen-bond donors (Lipinski definition) is 3. The first-order chi connectivity index (χ1) is 8.01. The molecule has 17 heavy (non-hydrogen) atoms. The van der Waals surface area contributed by atoms with Crippen LogP contribution in [0, 0.1) is 5.92 Å². The third kappa shape index (κ3) is 3.17. The first-order valence-corrected chi connectivity index (χ1v) is 5.99. The summed E-state index contributed by atoms with van der Waals surface area (Å²) in [5.74, 6) is 0.215. The van der Waals surface area contributed by atoms with Crippen LogP contribution in [0.1, 0.15) is 20.3 Å². The van der Waals surface area contributed by atoms with E-state index < -0.39 is 6.03 Å². The number of urea groups is 1. The van der Waals surface area contributed by atoms with Crippen molar-refractivity contribution in [1.82, 2.24) is 15.5 Å². The highest BCUT2D eigenvalue weighted by molar-refractivity contribution is 5.96. The molecule has 0 spiro atoms. The number of nitrogens with one attached hydrogen (secondary N) is 2. The van der Waals surface area contributed by atoms with Gasteiger partial charge in [0.15, 0.2) is 0 Å². The molecular formula is C11H22N4O2. The van der Waals surface area contributed by atoms with E-state index in [4.69, 9.17) is 5.73 Å². The second kappa shape index (κ2) is 5.97. The summed E-state index contributed by atoms with van der Waals surface area (Å²) in [6.07, 6.45) is 1.04. The molecule has 1 aliphatic heterocycles. The summed E-state index contributed by atoms with van der Waals surface area (Å²) < 4.78 is 0. The molecule has 1 aliphatic rings. The third-order valence-electron chi connectivity index (χ3n) is 3.51. The van der Waals surface area contributed by atoms with Gasteiger partial charge < -0.3 is 11.1 Å². The van der Waals surface area contributed by atoms with Crippen LogP contribution in [0.2, 0.25) is 0 Å². The average molecular weight is 242 g/mol. The molecule has 3 unspecified atom stereocenters. The third-order valence-corrected chi connectivity index (χ3v) is 3.51. The van der Waals surface area contributed by atoms with E-state index in [1.54, 1.807) is 6.92 Å². The molecule has 6 heteroatoms. The van der Waals surface area contributed by atoms with E-state index in [0.717, 1.165) is 13.0 Å². The molecular weight excluding hydrogens is 220 g/mol. The number of amides is 3. The molecule has 0 aromatic heterocycles. The zero-order valence-electron chi connectivity index (χ0n) is 10.7. The van der Waals surface area contributed by atoms with Crippen molar-refractivity contribution in [3.05, 3.63) is 0 Å². The van der Waals surface area contributed by atoms with Gasteiger partial charge in [0.2, 0.25) is 5.91 Å². The number of likely N-dealkylation sites (tertiary alicyclic amines) is 1. The van der Waals surface area contributed by atoms with Gasteiger partial charge in [-0.1, -0.05) is 6.92 Å². The second-order valence-electron chi connectivity index (χ2n) is 4.55. The van der Waals surface area contributed by atoms with Gasteiger partial charge >= 0.3 is 6.03 Å². The Hall–Kier alpha value is -1.14. The highest BCUT2D eigenvalue weighted by Gasteiger charge is 2.35. The lowest BCUT2D eigenvalue weighted by molar-refractivity contribution is -0.125. The lowest BCUT2D eigenvalue weighted by atomic mass is 10.0. The lowest BCUT2D eigenvalue weighted by Gasteiger charge is -2.30. The fourth-order valence-electron chi connectivity index (χ4n) is 2.32. The van der Waals surface area contributed by atoms with Crippen molar-refractivity contribution in [1.29, 1.82) is 0 Å². The minimum absolute atomic E-state index is 0.223. The largest absolute Gasteiger partial charge is 0.341 e. The fourth-order valence-corrected chi connectivity index (χ4v) is 2.32. The van der Waals surface area contributed by atoms with Crippen LogP contribution in [0.15, 0.2) is 0 Å². The van der Waals surface area contributed by atoms with Crippen molar-refractivity contribution in [3.8, 4) is 0 Å². The van der Waals surface area contributed by atoms with Crippen LogP contribution in [0.4, 0.5) is 4.79 Å². The van der Waals surface area contributed by atoms with Gasteiger partial charge in [0.1, 0.15) is 0 Å². The summed E-state index contributed by atoms with van der Waals surface area (Å²) in [5.41, 5.74) is 5.73. The zero-order valence-corrected chi connectivity index (χ0v) is 10.7. The van der Waals surface area contributed by atoms with Crippen LogP contribution < -0.4 is 16.4 Å². The molecule has 0 aliphatic carbocycles. The monoisotopic (exact) mass is 242 g/mol. The molecule has 1 heterocycles. The summed E-state index contributed by atoms with van der Waals surface area (Å²) in [4.78, 5) is 25.0. The second-order valence-corrected chi connectivity index (χ2v) is 4.55. The van der Waals surface area contributed by atoms with Crippen LogP contribution in [-0.4, -0.2) is 49.1 Å². The van der Waals surface area contributed by atoms with E-state index in [0.29, 0.717) is 12.5 Å². The fraction of sp³-hybridized carbons (Fsp3) is 0.818. The molecule has 4 N–H and O–H groups in total. The molecule has 0 bridgehead atoms. The van der Waals surface area contributed by atoms with E-state index in [1.807, 2.05) is 0 Å². The molecule has 1 rings (SSSR count). The number of imide groups is 1. The summed E-state index contributed by atoms with van der Waals surface area (Å²) in [7, 11) is 1.48. The maximum absolute atomic E-state index is 11.8. The van der Waals surface area contributed by atoms with Crippen LogP contribution in [-0.2, 0) is 4.79 Å². The Morgan fingerprint density at radius 1 is 1.53 bits per heavy atom. The molecule has 0 aromatic rings. The molecule has 0 radical (unpaired) electrons. The van der Waals surface area contributed by atoms with Gasteiger partial charge in [0, 0.05) is 19.6 Å². The molecule has 98 valence electrons. The Kier molecular flexibility index (Phi) is 4.89. The molecule has 6 nitrogen and oxygen atoms in total. The number of rotatable bonds is 3. The summed E-state index contributed by atoms with van der Waals surface area (Å²) in [6.45, 7) is 5.34. The molecule has 0 saturated carbocycles. The smallest absolute Gasteiger partial charge is 0.321 e. The van der Waals surface area contributed by atoms with Gasteiger partial charge in [-0.15, -0.1) is 0 Å². The van der Waals surface area contributed by atoms with Crippen molar-refractivity contribution in [3.63, 3.8) is 0 Å². The molecule has 0 aromatic carbocycles. The lowest BCUT2D eigenvalue weighted by Crippen LogP contribution is -2.52. The maximum atomic E-state index is 11.8. The predicted octanol–water partition coefficient (Wildman–Crippen LogP) is -0.500. The topological polar surface area (TPSA) is 87.5 Å². The highest BCUT2D eigenvalue weighted by atomic mass is 16.2. The van der Waals surface area contributed by atoms with Crippen LogP contribution in [0.5, 0.6) is 0 Å². The average Bonchev–Trinajstić information content (AvgIpc) is 2.68. The summed E-state index contributed by atoms with van der Waals surface area (Å²) in [5, 5.41) is 4.66.